The van der Waals surface area contributed by atoms with E-state index in [0.29, 0.717) is 5.82 Å². The molecule has 1 aromatic carbocycles. The van der Waals surface area contributed by atoms with Crippen molar-refractivity contribution < 1.29 is 0 Å². The van der Waals surface area contributed by atoms with Crippen molar-refractivity contribution in [3.05, 3.63) is 35.9 Å². The van der Waals surface area contributed by atoms with Crippen LogP contribution in [-0.4, -0.2) is 10.2 Å². The summed E-state index contributed by atoms with van der Waals surface area (Å²) in [6.07, 6.45) is 5.34. The normalized spacial score (nSPS) is 23.4. The SMILES string of the molecule is CC1CCC(c2cccc(-c3cc(N)n[nH]3)c2)CC1. The van der Waals surface area contributed by atoms with Gasteiger partial charge < -0.3 is 5.73 Å². The minimum Gasteiger partial charge on any atom is -0.382 e. The number of anilines is 1. The summed E-state index contributed by atoms with van der Waals surface area (Å²) < 4.78 is 0. The van der Waals surface area contributed by atoms with Crippen molar-refractivity contribution in [1.29, 1.82) is 0 Å². The van der Waals surface area contributed by atoms with Gasteiger partial charge in [-0.1, -0.05) is 38.0 Å². The van der Waals surface area contributed by atoms with E-state index in [1.54, 1.807) is 0 Å². The molecule has 3 heteroatoms. The zero-order valence-electron chi connectivity index (χ0n) is 11.4. The van der Waals surface area contributed by atoms with Crippen LogP contribution in [0.2, 0.25) is 0 Å². The van der Waals surface area contributed by atoms with Crippen molar-refractivity contribution in [1.82, 2.24) is 10.2 Å². The molecule has 1 saturated carbocycles. The van der Waals surface area contributed by atoms with Gasteiger partial charge in [-0.2, -0.15) is 5.10 Å². The molecule has 3 rings (SSSR count). The van der Waals surface area contributed by atoms with Crippen LogP contribution in [0.3, 0.4) is 0 Å². The monoisotopic (exact) mass is 255 g/mol. The maximum atomic E-state index is 5.67. The smallest absolute Gasteiger partial charge is 0.145 e. The highest BCUT2D eigenvalue weighted by atomic mass is 15.2. The van der Waals surface area contributed by atoms with Gasteiger partial charge in [0.15, 0.2) is 0 Å². The lowest BCUT2D eigenvalue weighted by atomic mass is 9.79. The van der Waals surface area contributed by atoms with E-state index in [0.717, 1.165) is 17.5 Å². The molecule has 0 amide bonds. The van der Waals surface area contributed by atoms with Gasteiger partial charge in [-0.05, 0) is 41.9 Å². The summed E-state index contributed by atoms with van der Waals surface area (Å²) in [6.45, 7) is 2.36. The molecule has 3 N–H and O–H groups in total. The lowest BCUT2D eigenvalue weighted by Gasteiger charge is -2.26. The van der Waals surface area contributed by atoms with Gasteiger partial charge in [0.2, 0.25) is 0 Å². The summed E-state index contributed by atoms with van der Waals surface area (Å²) >= 11 is 0. The molecule has 0 atom stereocenters. The fourth-order valence-corrected chi connectivity index (χ4v) is 3.04. The van der Waals surface area contributed by atoms with Crippen LogP contribution in [-0.2, 0) is 0 Å². The van der Waals surface area contributed by atoms with E-state index in [1.807, 2.05) is 6.07 Å². The fourth-order valence-electron chi connectivity index (χ4n) is 3.04. The number of rotatable bonds is 2. The molecule has 0 saturated heterocycles. The van der Waals surface area contributed by atoms with E-state index in [9.17, 15) is 0 Å². The second-order valence-electron chi connectivity index (χ2n) is 5.79. The van der Waals surface area contributed by atoms with E-state index in [-0.39, 0.29) is 0 Å². The van der Waals surface area contributed by atoms with Crippen molar-refractivity contribution >= 4 is 5.82 Å². The van der Waals surface area contributed by atoms with Crippen LogP contribution >= 0.6 is 0 Å². The maximum Gasteiger partial charge on any atom is 0.145 e. The second-order valence-corrected chi connectivity index (χ2v) is 5.79. The molecule has 0 unspecified atom stereocenters. The van der Waals surface area contributed by atoms with Gasteiger partial charge in [0.25, 0.3) is 0 Å². The van der Waals surface area contributed by atoms with Crippen molar-refractivity contribution in [2.24, 2.45) is 5.92 Å². The average molecular weight is 255 g/mol. The lowest BCUT2D eigenvalue weighted by Crippen LogP contribution is -2.10. The molecule has 0 aliphatic heterocycles. The molecule has 0 bridgehead atoms. The Morgan fingerprint density at radius 2 is 1.95 bits per heavy atom. The maximum absolute atomic E-state index is 5.67. The average Bonchev–Trinajstić information content (AvgIpc) is 2.86. The molecule has 0 radical (unpaired) electrons. The van der Waals surface area contributed by atoms with Crippen LogP contribution in [0.15, 0.2) is 30.3 Å². The second kappa shape index (κ2) is 5.08. The number of aromatic nitrogens is 2. The Morgan fingerprint density at radius 1 is 1.16 bits per heavy atom. The number of nitrogens with two attached hydrogens (primary N) is 1. The molecule has 0 spiro atoms. The first-order chi connectivity index (χ1) is 9.22. The van der Waals surface area contributed by atoms with E-state index >= 15 is 0 Å². The standard InChI is InChI=1S/C16H21N3/c1-11-5-7-12(8-6-11)13-3-2-4-14(9-13)15-10-16(17)19-18-15/h2-4,9-12H,5-8H2,1H3,(H3,17,18,19). The predicted octanol–water partition coefficient (Wildman–Crippen LogP) is 3.95. The van der Waals surface area contributed by atoms with Crippen molar-refractivity contribution in [3.63, 3.8) is 0 Å². The summed E-state index contributed by atoms with van der Waals surface area (Å²) in [6, 6.07) is 10.7. The molecule has 3 nitrogen and oxygen atoms in total. The first kappa shape index (κ1) is 12.3. The summed E-state index contributed by atoms with van der Waals surface area (Å²) in [5.74, 6) is 2.16. The number of nitrogen functional groups attached to an aromatic ring is 1. The Bertz CT molecular complexity index is 551. The van der Waals surface area contributed by atoms with E-state index < -0.39 is 0 Å². The van der Waals surface area contributed by atoms with Gasteiger partial charge in [-0.25, -0.2) is 0 Å². The minimum atomic E-state index is 0.548. The van der Waals surface area contributed by atoms with Crippen LogP contribution in [0.25, 0.3) is 11.3 Å². The third-order valence-electron chi connectivity index (χ3n) is 4.28. The third-order valence-corrected chi connectivity index (χ3v) is 4.28. The van der Waals surface area contributed by atoms with Crippen LogP contribution in [0.4, 0.5) is 5.82 Å². The van der Waals surface area contributed by atoms with Crippen LogP contribution < -0.4 is 5.73 Å². The molecule has 1 aliphatic carbocycles. The summed E-state index contributed by atoms with van der Waals surface area (Å²) in [7, 11) is 0. The summed E-state index contributed by atoms with van der Waals surface area (Å²) in [5, 5.41) is 6.98. The largest absolute Gasteiger partial charge is 0.382 e. The Morgan fingerprint density at radius 3 is 2.63 bits per heavy atom. The van der Waals surface area contributed by atoms with Crippen LogP contribution in [0.1, 0.15) is 44.1 Å². The first-order valence-electron chi connectivity index (χ1n) is 7.13. The highest BCUT2D eigenvalue weighted by Gasteiger charge is 2.19. The Hall–Kier alpha value is -1.77. The molecule has 1 fully saturated rings. The van der Waals surface area contributed by atoms with E-state index in [1.165, 1.54) is 36.8 Å². The topological polar surface area (TPSA) is 54.7 Å². The van der Waals surface area contributed by atoms with Crippen molar-refractivity contribution in [2.45, 2.75) is 38.5 Å². The molecule has 19 heavy (non-hydrogen) atoms. The highest BCUT2D eigenvalue weighted by Crippen LogP contribution is 2.36. The third kappa shape index (κ3) is 2.65. The molecule has 2 aromatic rings. The fraction of sp³-hybridized carbons (Fsp3) is 0.438. The van der Waals surface area contributed by atoms with Gasteiger partial charge >= 0.3 is 0 Å². The minimum absolute atomic E-state index is 0.548. The summed E-state index contributed by atoms with van der Waals surface area (Å²) in [5.41, 5.74) is 9.31. The van der Waals surface area contributed by atoms with Gasteiger partial charge in [-0.15, -0.1) is 0 Å². The van der Waals surface area contributed by atoms with E-state index in [2.05, 4.69) is 41.4 Å². The van der Waals surface area contributed by atoms with Gasteiger partial charge in [0, 0.05) is 6.07 Å². The number of nitrogens with zero attached hydrogens (tertiary/aromatic N) is 1. The van der Waals surface area contributed by atoms with Gasteiger partial charge in [0.1, 0.15) is 5.82 Å². The Balaban J connectivity index is 1.84. The molecular weight excluding hydrogens is 234 g/mol. The number of aromatic amines is 1. The molecule has 1 heterocycles. The zero-order valence-corrected chi connectivity index (χ0v) is 11.4. The molecular formula is C16H21N3. The van der Waals surface area contributed by atoms with Gasteiger partial charge in [0.05, 0.1) is 5.69 Å². The number of nitrogens with one attached hydrogen (secondary N) is 1. The predicted molar refractivity (Wildman–Crippen MR) is 78.8 cm³/mol. The van der Waals surface area contributed by atoms with Crippen LogP contribution in [0, 0.1) is 5.92 Å². The van der Waals surface area contributed by atoms with Crippen molar-refractivity contribution in [2.75, 3.05) is 5.73 Å². The van der Waals surface area contributed by atoms with Crippen LogP contribution in [0.5, 0.6) is 0 Å². The number of hydrogen-bond donors (Lipinski definition) is 2. The molecule has 1 aliphatic rings. The number of hydrogen-bond acceptors (Lipinski definition) is 2. The van der Waals surface area contributed by atoms with E-state index in [4.69, 9.17) is 5.73 Å². The summed E-state index contributed by atoms with van der Waals surface area (Å²) in [4.78, 5) is 0. The zero-order chi connectivity index (χ0) is 13.2. The molecule has 100 valence electrons. The first-order valence-corrected chi connectivity index (χ1v) is 7.13. The molecule has 1 aromatic heterocycles. The number of benzene rings is 1. The Labute approximate surface area is 114 Å². The lowest BCUT2D eigenvalue weighted by molar-refractivity contribution is 0.348. The van der Waals surface area contributed by atoms with Gasteiger partial charge in [-0.3, -0.25) is 5.10 Å². The Kier molecular flexibility index (Phi) is 3.28. The quantitative estimate of drug-likeness (QED) is 0.853. The van der Waals surface area contributed by atoms with Crippen molar-refractivity contribution in [3.8, 4) is 11.3 Å². The number of H-pyrrole nitrogens is 1. The highest BCUT2D eigenvalue weighted by molar-refractivity contribution is 5.62.